The molecule has 2 rings (SSSR count). The van der Waals surface area contributed by atoms with Gasteiger partial charge in [-0.05, 0) is 33.0 Å². The minimum absolute atomic E-state index is 0.125. The second-order valence-electron chi connectivity index (χ2n) is 4.68. The molecule has 0 radical (unpaired) electrons. The molecule has 0 amide bonds. The Morgan fingerprint density at radius 3 is 2.81 bits per heavy atom. The summed E-state index contributed by atoms with van der Waals surface area (Å²) in [7, 11) is 3.56. The summed E-state index contributed by atoms with van der Waals surface area (Å²) < 4.78 is 5.45. The molecule has 112 valence electrons. The number of methoxy groups -OCH3 is 1. The van der Waals surface area contributed by atoms with Crippen molar-refractivity contribution in [3.8, 4) is 5.75 Å². The van der Waals surface area contributed by atoms with Crippen molar-refractivity contribution in [2.75, 3.05) is 14.2 Å². The van der Waals surface area contributed by atoms with Gasteiger partial charge < -0.3 is 15.0 Å². The van der Waals surface area contributed by atoms with Crippen LogP contribution >= 0.6 is 11.8 Å². The Bertz CT molecular complexity index is 685. The van der Waals surface area contributed by atoms with Crippen molar-refractivity contribution in [3.05, 3.63) is 45.9 Å². The molecule has 0 fully saturated rings. The molecule has 5 nitrogen and oxygen atoms in total. The number of H-pyrrole nitrogens is 1. The quantitative estimate of drug-likeness (QED) is 0.831. The van der Waals surface area contributed by atoms with Gasteiger partial charge in [-0.1, -0.05) is 17.8 Å². The Labute approximate surface area is 128 Å². The summed E-state index contributed by atoms with van der Waals surface area (Å²) in [6.45, 7) is 3.87. The van der Waals surface area contributed by atoms with E-state index in [4.69, 9.17) is 4.74 Å². The molecule has 1 atom stereocenters. The van der Waals surface area contributed by atoms with E-state index in [9.17, 15) is 4.79 Å². The highest BCUT2D eigenvalue weighted by Gasteiger charge is 2.16. The first-order valence-corrected chi connectivity index (χ1v) is 7.46. The summed E-state index contributed by atoms with van der Waals surface area (Å²) in [5.41, 5.74) is 1.61. The summed E-state index contributed by atoms with van der Waals surface area (Å²) in [5.74, 6) is 0.817. The molecule has 2 N–H and O–H groups in total. The Morgan fingerprint density at radius 2 is 2.19 bits per heavy atom. The maximum absolute atomic E-state index is 11.6. The van der Waals surface area contributed by atoms with Crippen LogP contribution in [0, 0.1) is 6.92 Å². The number of aromatic nitrogens is 2. The smallest absolute Gasteiger partial charge is 0.251 e. The maximum Gasteiger partial charge on any atom is 0.251 e. The molecule has 0 saturated carbocycles. The Hall–Kier alpha value is -1.79. The molecule has 21 heavy (non-hydrogen) atoms. The average Bonchev–Trinajstić information content (AvgIpc) is 2.45. The van der Waals surface area contributed by atoms with Gasteiger partial charge in [-0.2, -0.15) is 0 Å². The number of ether oxygens (including phenoxy) is 1. The van der Waals surface area contributed by atoms with E-state index >= 15 is 0 Å². The van der Waals surface area contributed by atoms with Crippen molar-refractivity contribution in [2.45, 2.75) is 29.9 Å². The molecule has 2 aromatic rings. The van der Waals surface area contributed by atoms with Crippen molar-refractivity contribution < 1.29 is 4.74 Å². The molecule has 0 saturated heterocycles. The molecule has 6 heteroatoms. The van der Waals surface area contributed by atoms with Crippen LogP contribution < -0.4 is 15.6 Å². The Morgan fingerprint density at radius 1 is 1.43 bits per heavy atom. The summed E-state index contributed by atoms with van der Waals surface area (Å²) >= 11 is 1.43. The van der Waals surface area contributed by atoms with Crippen LogP contribution in [0.1, 0.15) is 24.2 Å². The first-order chi connectivity index (χ1) is 10.0. The number of nitrogens with one attached hydrogen (secondary N) is 2. The number of aromatic amines is 1. The molecule has 0 aliphatic rings. The SMILES string of the molecule is CNC(C)c1c(OC)cccc1Sc1nc(C)cc(=O)[nH]1. The van der Waals surface area contributed by atoms with Crippen LogP contribution in [0.25, 0.3) is 0 Å². The van der Waals surface area contributed by atoms with Crippen molar-refractivity contribution in [1.82, 2.24) is 15.3 Å². The van der Waals surface area contributed by atoms with E-state index in [1.807, 2.05) is 32.2 Å². The van der Waals surface area contributed by atoms with Crippen LogP contribution in [0.4, 0.5) is 0 Å². The van der Waals surface area contributed by atoms with E-state index in [0.717, 1.165) is 16.2 Å². The largest absolute Gasteiger partial charge is 0.496 e. The zero-order valence-corrected chi connectivity index (χ0v) is 13.4. The highest BCUT2D eigenvalue weighted by Crippen LogP contribution is 2.36. The van der Waals surface area contributed by atoms with Gasteiger partial charge in [-0.15, -0.1) is 0 Å². The van der Waals surface area contributed by atoms with Crippen LogP contribution in [-0.2, 0) is 0 Å². The van der Waals surface area contributed by atoms with Crippen molar-refractivity contribution in [1.29, 1.82) is 0 Å². The molecule has 1 heterocycles. The topological polar surface area (TPSA) is 67.0 Å². The zero-order valence-electron chi connectivity index (χ0n) is 12.6. The van der Waals surface area contributed by atoms with Gasteiger partial charge >= 0.3 is 0 Å². The number of benzene rings is 1. The lowest BCUT2D eigenvalue weighted by Gasteiger charge is -2.18. The lowest BCUT2D eigenvalue weighted by molar-refractivity contribution is 0.401. The van der Waals surface area contributed by atoms with Gasteiger partial charge in [0.15, 0.2) is 5.16 Å². The molecule has 0 aliphatic carbocycles. The number of aryl methyl sites for hydroxylation is 1. The number of hydrogen-bond acceptors (Lipinski definition) is 5. The summed E-state index contributed by atoms with van der Waals surface area (Å²) in [5, 5.41) is 3.80. The second kappa shape index (κ2) is 6.78. The number of rotatable bonds is 5. The van der Waals surface area contributed by atoms with E-state index in [2.05, 4.69) is 22.2 Å². The zero-order chi connectivity index (χ0) is 15.4. The predicted molar refractivity (Wildman–Crippen MR) is 84.2 cm³/mol. The van der Waals surface area contributed by atoms with Crippen LogP contribution in [0.2, 0.25) is 0 Å². The number of nitrogens with zero attached hydrogens (tertiary/aromatic N) is 1. The normalized spacial score (nSPS) is 12.2. The van der Waals surface area contributed by atoms with Crippen molar-refractivity contribution in [3.63, 3.8) is 0 Å². The first kappa shape index (κ1) is 15.6. The molecule has 0 aliphatic heterocycles. The van der Waals surface area contributed by atoms with Gasteiger partial charge in [0.2, 0.25) is 0 Å². The fourth-order valence-corrected chi connectivity index (χ4v) is 3.15. The summed E-state index contributed by atoms with van der Waals surface area (Å²) in [6.07, 6.45) is 0. The Kier molecular flexibility index (Phi) is 5.03. The van der Waals surface area contributed by atoms with Gasteiger partial charge in [0.05, 0.1) is 7.11 Å². The van der Waals surface area contributed by atoms with Crippen LogP contribution in [0.5, 0.6) is 5.75 Å². The lowest BCUT2D eigenvalue weighted by Crippen LogP contribution is -2.14. The van der Waals surface area contributed by atoms with Crippen molar-refractivity contribution >= 4 is 11.8 Å². The molecular formula is C15H19N3O2S. The molecule has 1 aromatic heterocycles. The third-order valence-electron chi connectivity index (χ3n) is 3.17. The minimum Gasteiger partial charge on any atom is -0.496 e. The van der Waals surface area contributed by atoms with Gasteiger partial charge in [-0.3, -0.25) is 4.79 Å². The maximum atomic E-state index is 11.6. The highest BCUT2D eigenvalue weighted by atomic mass is 32.2. The fourth-order valence-electron chi connectivity index (χ4n) is 2.07. The van der Waals surface area contributed by atoms with E-state index in [0.29, 0.717) is 10.9 Å². The molecule has 0 spiro atoms. The third kappa shape index (κ3) is 3.65. The summed E-state index contributed by atoms with van der Waals surface area (Å²) in [4.78, 5) is 19.7. The highest BCUT2D eigenvalue weighted by molar-refractivity contribution is 7.99. The van der Waals surface area contributed by atoms with Gasteiger partial charge in [0, 0.05) is 28.3 Å². The minimum atomic E-state index is -0.142. The van der Waals surface area contributed by atoms with Gasteiger partial charge in [0.1, 0.15) is 5.75 Å². The monoisotopic (exact) mass is 305 g/mol. The molecule has 0 bridgehead atoms. The molecular weight excluding hydrogens is 286 g/mol. The van der Waals surface area contributed by atoms with Gasteiger partial charge in [0.25, 0.3) is 5.56 Å². The van der Waals surface area contributed by atoms with E-state index in [1.165, 1.54) is 17.8 Å². The van der Waals surface area contributed by atoms with Crippen molar-refractivity contribution in [2.24, 2.45) is 0 Å². The lowest BCUT2D eigenvalue weighted by atomic mass is 10.1. The van der Waals surface area contributed by atoms with E-state index < -0.39 is 0 Å². The van der Waals surface area contributed by atoms with Gasteiger partial charge in [-0.25, -0.2) is 4.98 Å². The first-order valence-electron chi connectivity index (χ1n) is 6.65. The van der Waals surface area contributed by atoms with Crippen LogP contribution in [0.3, 0.4) is 0 Å². The predicted octanol–water partition coefficient (Wildman–Crippen LogP) is 2.52. The summed E-state index contributed by atoms with van der Waals surface area (Å²) in [6, 6.07) is 7.46. The number of hydrogen-bond donors (Lipinski definition) is 2. The molecule has 1 aromatic carbocycles. The van der Waals surface area contributed by atoms with Crippen LogP contribution in [0.15, 0.2) is 39.1 Å². The average molecular weight is 305 g/mol. The van der Waals surface area contributed by atoms with E-state index in [-0.39, 0.29) is 11.6 Å². The molecule has 1 unspecified atom stereocenters. The second-order valence-corrected chi connectivity index (χ2v) is 5.71. The van der Waals surface area contributed by atoms with Crippen LogP contribution in [-0.4, -0.2) is 24.1 Å². The standard InChI is InChI=1S/C15H19N3O2S/c1-9-8-13(19)18-15(17-9)21-12-7-5-6-11(20-4)14(12)10(2)16-3/h5-8,10,16H,1-4H3,(H,17,18,19). The Balaban J connectivity index is 2.46. The fraction of sp³-hybridized carbons (Fsp3) is 0.333. The third-order valence-corrected chi connectivity index (χ3v) is 4.13. The van der Waals surface area contributed by atoms with E-state index in [1.54, 1.807) is 7.11 Å².